The molecule has 17 heavy (non-hydrogen) atoms. The van der Waals surface area contributed by atoms with Crippen molar-refractivity contribution in [3.05, 3.63) is 24.3 Å². The molecule has 0 heterocycles. The molecule has 0 aromatic heterocycles. The van der Waals surface area contributed by atoms with Crippen LogP contribution in [-0.2, 0) is 0 Å². The van der Waals surface area contributed by atoms with E-state index in [0.717, 1.165) is 17.3 Å². The van der Waals surface area contributed by atoms with Crippen molar-refractivity contribution in [3.8, 4) is 0 Å². The van der Waals surface area contributed by atoms with E-state index in [2.05, 4.69) is 29.5 Å². The Morgan fingerprint density at radius 2 is 1.71 bits per heavy atom. The number of guanidine groups is 1. The van der Waals surface area contributed by atoms with E-state index in [0.29, 0.717) is 6.04 Å². The predicted octanol–water partition coefficient (Wildman–Crippen LogP) is 2.44. The van der Waals surface area contributed by atoms with Crippen LogP contribution < -0.4 is 16.4 Å². The maximum atomic E-state index is 5.65. The molecule has 4 heteroatoms. The largest absolute Gasteiger partial charge is 0.399 e. The van der Waals surface area contributed by atoms with Crippen LogP contribution in [0.2, 0.25) is 0 Å². The zero-order valence-electron chi connectivity index (χ0n) is 11.0. The third-order valence-electron chi connectivity index (χ3n) is 1.99. The molecule has 0 radical (unpaired) electrons. The molecule has 0 aliphatic heterocycles. The summed E-state index contributed by atoms with van der Waals surface area (Å²) in [6, 6.07) is 8.20. The van der Waals surface area contributed by atoms with E-state index in [4.69, 9.17) is 5.73 Å². The summed E-state index contributed by atoms with van der Waals surface area (Å²) < 4.78 is 0. The van der Waals surface area contributed by atoms with Crippen molar-refractivity contribution >= 4 is 17.3 Å². The first-order valence-electron chi connectivity index (χ1n) is 5.94. The van der Waals surface area contributed by atoms with Crippen LogP contribution in [0.5, 0.6) is 0 Å². The maximum absolute atomic E-state index is 5.65. The van der Waals surface area contributed by atoms with E-state index in [1.165, 1.54) is 0 Å². The summed E-state index contributed by atoms with van der Waals surface area (Å²) in [5, 5.41) is 6.53. The number of nitrogens with zero attached hydrogens (tertiary/aromatic N) is 1. The minimum atomic E-state index is 0.248. The van der Waals surface area contributed by atoms with Crippen LogP contribution in [0.25, 0.3) is 0 Å². The van der Waals surface area contributed by atoms with Gasteiger partial charge in [-0.05, 0) is 52.0 Å². The third-order valence-corrected chi connectivity index (χ3v) is 1.99. The zero-order chi connectivity index (χ0) is 12.8. The van der Waals surface area contributed by atoms with Crippen molar-refractivity contribution in [1.29, 1.82) is 0 Å². The summed E-state index contributed by atoms with van der Waals surface area (Å²) in [7, 11) is 0. The number of aliphatic imine (C=N–C) groups is 1. The highest BCUT2D eigenvalue weighted by Gasteiger charge is 2.03. The molecule has 0 aliphatic carbocycles. The van der Waals surface area contributed by atoms with Crippen molar-refractivity contribution in [1.82, 2.24) is 5.32 Å². The number of benzene rings is 1. The lowest BCUT2D eigenvalue weighted by molar-refractivity contribution is 0.717. The standard InChI is InChI=1S/C13H22N4/c1-9(2)15-13(16-10(3)4)17-12-7-5-11(14)6-8-12/h5-10H,14H2,1-4H3,(H2,15,16,17). The molecule has 94 valence electrons. The Hall–Kier alpha value is -1.71. The van der Waals surface area contributed by atoms with E-state index in [1.807, 2.05) is 38.1 Å². The van der Waals surface area contributed by atoms with Crippen LogP contribution in [0.4, 0.5) is 11.4 Å². The minimum Gasteiger partial charge on any atom is -0.399 e. The van der Waals surface area contributed by atoms with Gasteiger partial charge in [-0.25, -0.2) is 0 Å². The van der Waals surface area contributed by atoms with Crippen LogP contribution in [0.3, 0.4) is 0 Å². The summed E-state index contributed by atoms with van der Waals surface area (Å²) in [4.78, 5) is 4.50. The van der Waals surface area contributed by atoms with Gasteiger partial charge in [0.25, 0.3) is 0 Å². The molecular weight excluding hydrogens is 212 g/mol. The molecule has 0 saturated heterocycles. The third kappa shape index (κ3) is 5.24. The van der Waals surface area contributed by atoms with Crippen LogP contribution in [0, 0.1) is 0 Å². The molecule has 4 nitrogen and oxygen atoms in total. The molecule has 4 N–H and O–H groups in total. The SMILES string of the molecule is CC(C)N=C(Nc1ccc(N)cc1)NC(C)C. The second-order valence-corrected chi connectivity index (χ2v) is 4.62. The number of nitrogen functional groups attached to an aromatic ring is 1. The van der Waals surface area contributed by atoms with E-state index >= 15 is 0 Å². The first-order valence-corrected chi connectivity index (χ1v) is 5.94. The summed E-state index contributed by atoms with van der Waals surface area (Å²) in [6.45, 7) is 8.26. The Labute approximate surface area is 103 Å². The first kappa shape index (κ1) is 13.4. The van der Waals surface area contributed by atoms with Gasteiger partial charge in [0.2, 0.25) is 0 Å². The van der Waals surface area contributed by atoms with Crippen LogP contribution in [0.1, 0.15) is 27.7 Å². The van der Waals surface area contributed by atoms with Gasteiger partial charge < -0.3 is 16.4 Å². The molecule has 0 amide bonds. The van der Waals surface area contributed by atoms with Gasteiger partial charge in [0, 0.05) is 23.5 Å². The lowest BCUT2D eigenvalue weighted by Gasteiger charge is -2.16. The molecule has 1 aromatic carbocycles. The molecule has 0 saturated carbocycles. The van der Waals surface area contributed by atoms with Crippen molar-refractivity contribution < 1.29 is 0 Å². The van der Waals surface area contributed by atoms with Gasteiger partial charge in [-0.2, -0.15) is 0 Å². The molecule has 0 unspecified atom stereocenters. The molecular formula is C13H22N4. The molecule has 1 aromatic rings. The van der Waals surface area contributed by atoms with Crippen LogP contribution in [-0.4, -0.2) is 18.0 Å². The molecule has 0 aliphatic rings. The van der Waals surface area contributed by atoms with Gasteiger partial charge in [-0.3, -0.25) is 4.99 Å². The lowest BCUT2D eigenvalue weighted by Crippen LogP contribution is -2.36. The molecule has 0 fully saturated rings. The van der Waals surface area contributed by atoms with Gasteiger partial charge in [0.1, 0.15) is 0 Å². The zero-order valence-corrected chi connectivity index (χ0v) is 11.0. The monoisotopic (exact) mass is 234 g/mol. The Morgan fingerprint density at radius 3 is 2.18 bits per heavy atom. The van der Waals surface area contributed by atoms with Gasteiger partial charge in [0.05, 0.1) is 0 Å². The Balaban J connectivity index is 2.75. The fourth-order valence-electron chi connectivity index (χ4n) is 1.34. The summed E-state index contributed by atoms with van der Waals surface area (Å²) in [5.74, 6) is 0.791. The normalized spacial score (nSPS) is 12.0. The highest BCUT2D eigenvalue weighted by atomic mass is 15.2. The second-order valence-electron chi connectivity index (χ2n) is 4.62. The van der Waals surface area contributed by atoms with Crippen molar-refractivity contribution in [2.24, 2.45) is 4.99 Å². The van der Waals surface area contributed by atoms with Crippen LogP contribution in [0.15, 0.2) is 29.3 Å². The Bertz CT molecular complexity index is 366. The number of hydrogen-bond donors (Lipinski definition) is 3. The van der Waals surface area contributed by atoms with Gasteiger partial charge in [0.15, 0.2) is 5.96 Å². The average molecular weight is 234 g/mol. The Kier molecular flexibility index (Phi) is 4.82. The maximum Gasteiger partial charge on any atom is 0.196 e. The quantitative estimate of drug-likeness (QED) is 0.427. The molecule has 1 rings (SSSR count). The highest BCUT2D eigenvalue weighted by molar-refractivity contribution is 5.94. The van der Waals surface area contributed by atoms with Gasteiger partial charge >= 0.3 is 0 Å². The predicted molar refractivity (Wildman–Crippen MR) is 75.3 cm³/mol. The molecule has 0 atom stereocenters. The fraction of sp³-hybridized carbons (Fsp3) is 0.462. The van der Waals surface area contributed by atoms with Gasteiger partial charge in [-0.1, -0.05) is 0 Å². The van der Waals surface area contributed by atoms with Crippen LogP contribution >= 0.6 is 0 Å². The lowest BCUT2D eigenvalue weighted by atomic mass is 10.3. The highest BCUT2D eigenvalue weighted by Crippen LogP contribution is 2.10. The van der Waals surface area contributed by atoms with Gasteiger partial charge in [-0.15, -0.1) is 0 Å². The number of rotatable bonds is 3. The second kappa shape index (κ2) is 6.13. The summed E-state index contributed by atoms with van der Waals surface area (Å²) in [6.07, 6.45) is 0. The topological polar surface area (TPSA) is 62.4 Å². The van der Waals surface area contributed by atoms with E-state index in [-0.39, 0.29) is 6.04 Å². The Morgan fingerprint density at radius 1 is 1.12 bits per heavy atom. The summed E-state index contributed by atoms with van der Waals surface area (Å²) >= 11 is 0. The smallest absolute Gasteiger partial charge is 0.196 e. The number of nitrogens with one attached hydrogen (secondary N) is 2. The van der Waals surface area contributed by atoms with Crippen molar-refractivity contribution in [2.45, 2.75) is 39.8 Å². The number of hydrogen-bond acceptors (Lipinski definition) is 2. The summed E-state index contributed by atoms with van der Waals surface area (Å²) in [5.41, 5.74) is 7.38. The van der Waals surface area contributed by atoms with Crippen molar-refractivity contribution in [3.63, 3.8) is 0 Å². The molecule has 0 bridgehead atoms. The number of nitrogens with two attached hydrogens (primary N) is 1. The number of anilines is 2. The van der Waals surface area contributed by atoms with E-state index in [1.54, 1.807) is 0 Å². The van der Waals surface area contributed by atoms with Crippen molar-refractivity contribution in [2.75, 3.05) is 11.1 Å². The molecule has 0 spiro atoms. The average Bonchev–Trinajstić information content (AvgIpc) is 2.19. The van der Waals surface area contributed by atoms with E-state index < -0.39 is 0 Å². The fourth-order valence-corrected chi connectivity index (χ4v) is 1.34. The van der Waals surface area contributed by atoms with E-state index in [9.17, 15) is 0 Å². The minimum absolute atomic E-state index is 0.248. The first-order chi connectivity index (χ1) is 7.97.